The molecule has 1 aliphatic rings. The molecule has 0 saturated heterocycles. The van der Waals surface area contributed by atoms with Crippen molar-refractivity contribution >= 4 is 11.6 Å². The lowest BCUT2D eigenvalue weighted by Crippen LogP contribution is -2.23. The van der Waals surface area contributed by atoms with Crippen LogP contribution >= 0.6 is 0 Å². The number of aliphatic imine (C=N–C) groups is 1. The standard InChI is InChI=1S/C14H21N3/c1-4-10-6-5-7-11(8-10)16-13(15)17-12-9-14(12,2)3/h5-8,12H,4,9H2,1-3H3,(H3,15,16,17). The third-order valence-corrected chi connectivity index (χ3v) is 3.36. The van der Waals surface area contributed by atoms with Gasteiger partial charge in [0.15, 0.2) is 5.96 Å². The minimum Gasteiger partial charge on any atom is -0.370 e. The first-order valence-corrected chi connectivity index (χ1v) is 6.20. The first-order valence-electron chi connectivity index (χ1n) is 6.20. The summed E-state index contributed by atoms with van der Waals surface area (Å²) in [6.45, 7) is 6.57. The maximum absolute atomic E-state index is 5.90. The molecule has 3 nitrogen and oxygen atoms in total. The maximum Gasteiger partial charge on any atom is 0.193 e. The summed E-state index contributed by atoms with van der Waals surface area (Å²) in [5, 5.41) is 3.15. The molecule has 1 fully saturated rings. The topological polar surface area (TPSA) is 50.4 Å². The highest BCUT2D eigenvalue weighted by Gasteiger charge is 2.45. The average Bonchev–Trinajstić information content (AvgIpc) is 2.85. The molecule has 1 aromatic carbocycles. The minimum absolute atomic E-state index is 0.331. The highest BCUT2D eigenvalue weighted by Crippen LogP contribution is 2.47. The second-order valence-corrected chi connectivity index (χ2v) is 5.40. The Kier molecular flexibility index (Phi) is 3.09. The Morgan fingerprint density at radius 1 is 1.53 bits per heavy atom. The van der Waals surface area contributed by atoms with E-state index in [1.807, 2.05) is 12.1 Å². The van der Waals surface area contributed by atoms with Crippen molar-refractivity contribution in [2.45, 2.75) is 39.7 Å². The van der Waals surface area contributed by atoms with E-state index in [-0.39, 0.29) is 0 Å². The van der Waals surface area contributed by atoms with Gasteiger partial charge >= 0.3 is 0 Å². The third kappa shape index (κ3) is 2.99. The first-order chi connectivity index (χ1) is 8.01. The summed E-state index contributed by atoms with van der Waals surface area (Å²) >= 11 is 0. The van der Waals surface area contributed by atoms with Crippen molar-refractivity contribution in [1.82, 2.24) is 0 Å². The Morgan fingerprint density at radius 3 is 2.82 bits per heavy atom. The monoisotopic (exact) mass is 231 g/mol. The van der Waals surface area contributed by atoms with Gasteiger partial charge in [0.2, 0.25) is 0 Å². The molecule has 0 radical (unpaired) electrons. The molecular weight excluding hydrogens is 210 g/mol. The number of anilines is 1. The fourth-order valence-corrected chi connectivity index (χ4v) is 1.88. The Balaban J connectivity index is 2.00. The van der Waals surface area contributed by atoms with Crippen molar-refractivity contribution in [2.24, 2.45) is 16.1 Å². The van der Waals surface area contributed by atoms with Crippen LogP contribution in [-0.2, 0) is 6.42 Å². The molecule has 0 spiro atoms. The van der Waals surface area contributed by atoms with Crippen LogP contribution < -0.4 is 11.1 Å². The van der Waals surface area contributed by atoms with Crippen molar-refractivity contribution in [1.29, 1.82) is 0 Å². The summed E-state index contributed by atoms with van der Waals surface area (Å²) in [6.07, 6.45) is 2.16. The Bertz CT molecular complexity index is 435. The summed E-state index contributed by atoms with van der Waals surface area (Å²) in [6, 6.07) is 8.65. The zero-order valence-corrected chi connectivity index (χ0v) is 10.8. The van der Waals surface area contributed by atoms with Crippen LogP contribution in [0.4, 0.5) is 5.69 Å². The van der Waals surface area contributed by atoms with Crippen LogP contribution in [-0.4, -0.2) is 12.0 Å². The van der Waals surface area contributed by atoms with Gasteiger partial charge in [0, 0.05) is 5.69 Å². The number of hydrogen-bond acceptors (Lipinski definition) is 1. The van der Waals surface area contributed by atoms with Gasteiger partial charge in [-0.1, -0.05) is 32.9 Å². The number of aryl methyl sites for hydroxylation is 1. The lowest BCUT2D eigenvalue weighted by atomic mass is 10.1. The van der Waals surface area contributed by atoms with Gasteiger partial charge in [0.05, 0.1) is 6.04 Å². The fraction of sp³-hybridized carbons (Fsp3) is 0.500. The fourth-order valence-electron chi connectivity index (χ4n) is 1.88. The van der Waals surface area contributed by atoms with Gasteiger partial charge in [-0.25, -0.2) is 4.99 Å². The normalized spacial score (nSPS) is 22.3. The predicted molar refractivity (Wildman–Crippen MR) is 73.3 cm³/mol. The maximum atomic E-state index is 5.90. The van der Waals surface area contributed by atoms with Crippen LogP contribution in [0.2, 0.25) is 0 Å². The molecule has 17 heavy (non-hydrogen) atoms. The van der Waals surface area contributed by atoms with Gasteiger partial charge in [-0.2, -0.15) is 0 Å². The molecule has 0 aliphatic heterocycles. The molecule has 0 amide bonds. The number of nitrogens with one attached hydrogen (secondary N) is 1. The van der Waals surface area contributed by atoms with Crippen LogP contribution in [0.3, 0.4) is 0 Å². The molecule has 92 valence electrons. The van der Waals surface area contributed by atoms with Gasteiger partial charge in [0.1, 0.15) is 0 Å². The quantitative estimate of drug-likeness (QED) is 0.621. The van der Waals surface area contributed by atoms with Crippen LogP contribution in [0.5, 0.6) is 0 Å². The summed E-state index contributed by atoms with van der Waals surface area (Å²) in [7, 11) is 0. The smallest absolute Gasteiger partial charge is 0.193 e. The number of nitrogens with two attached hydrogens (primary N) is 1. The van der Waals surface area contributed by atoms with Crippen molar-refractivity contribution in [2.75, 3.05) is 5.32 Å². The van der Waals surface area contributed by atoms with Crippen LogP contribution in [0, 0.1) is 5.41 Å². The molecule has 1 aromatic rings. The molecule has 1 atom stereocenters. The summed E-state index contributed by atoms with van der Waals surface area (Å²) in [5.74, 6) is 0.522. The zero-order chi connectivity index (χ0) is 12.5. The predicted octanol–water partition coefficient (Wildman–Crippen LogP) is 2.77. The molecule has 1 aliphatic carbocycles. The number of rotatable bonds is 3. The van der Waals surface area contributed by atoms with Crippen LogP contribution in [0.1, 0.15) is 32.8 Å². The van der Waals surface area contributed by atoms with Gasteiger partial charge in [-0.15, -0.1) is 0 Å². The highest BCUT2D eigenvalue weighted by molar-refractivity contribution is 5.92. The van der Waals surface area contributed by atoms with Crippen molar-refractivity contribution in [3.8, 4) is 0 Å². The number of guanidine groups is 1. The third-order valence-electron chi connectivity index (χ3n) is 3.36. The van der Waals surface area contributed by atoms with E-state index in [1.54, 1.807) is 0 Å². The minimum atomic E-state index is 0.331. The molecular formula is C14H21N3. The van der Waals surface area contributed by atoms with Gasteiger partial charge in [0.25, 0.3) is 0 Å². The molecule has 0 heterocycles. The van der Waals surface area contributed by atoms with E-state index >= 15 is 0 Å². The highest BCUT2D eigenvalue weighted by atomic mass is 15.1. The molecule has 0 aromatic heterocycles. The average molecular weight is 231 g/mol. The molecule has 3 heteroatoms. The van der Waals surface area contributed by atoms with Gasteiger partial charge in [-0.3, -0.25) is 0 Å². The van der Waals surface area contributed by atoms with E-state index in [9.17, 15) is 0 Å². The summed E-state index contributed by atoms with van der Waals surface area (Å²) < 4.78 is 0. The lowest BCUT2D eigenvalue weighted by Gasteiger charge is -2.07. The van der Waals surface area contributed by atoms with E-state index in [4.69, 9.17) is 5.73 Å². The largest absolute Gasteiger partial charge is 0.370 e. The second-order valence-electron chi connectivity index (χ2n) is 5.40. The van der Waals surface area contributed by atoms with Crippen LogP contribution in [0.25, 0.3) is 0 Å². The number of hydrogen-bond donors (Lipinski definition) is 2. The molecule has 2 rings (SSSR count). The Morgan fingerprint density at radius 2 is 2.24 bits per heavy atom. The van der Waals surface area contributed by atoms with E-state index in [0.717, 1.165) is 18.5 Å². The molecule has 3 N–H and O–H groups in total. The summed E-state index contributed by atoms with van der Waals surface area (Å²) in [4.78, 5) is 4.48. The van der Waals surface area contributed by atoms with Crippen molar-refractivity contribution in [3.05, 3.63) is 29.8 Å². The van der Waals surface area contributed by atoms with Crippen molar-refractivity contribution in [3.63, 3.8) is 0 Å². The zero-order valence-electron chi connectivity index (χ0n) is 10.8. The number of nitrogens with zero attached hydrogens (tertiary/aromatic N) is 1. The molecule has 0 bridgehead atoms. The number of benzene rings is 1. The van der Waals surface area contributed by atoms with Gasteiger partial charge in [-0.05, 0) is 36.0 Å². The van der Waals surface area contributed by atoms with E-state index < -0.39 is 0 Å². The SMILES string of the molecule is CCc1cccc(NC(N)=NC2CC2(C)C)c1. The van der Waals surface area contributed by atoms with Gasteiger partial charge < -0.3 is 11.1 Å². The molecule has 1 unspecified atom stereocenters. The van der Waals surface area contributed by atoms with Crippen LogP contribution in [0.15, 0.2) is 29.3 Å². The van der Waals surface area contributed by atoms with Crippen molar-refractivity contribution < 1.29 is 0 Å². The summed E-state index contributed by atoms with van der Waals surface area (Å²) in [5.41, 5.74) is 8.55. The van der Waals surface area contributed by atoms with E-state index in [1.165, 1.54) is 5.56 Å². The Hall–Kier alpha value is -1.51. The Labute approximate surface area is 103 Å². The molecule has 1 saturated carbocycles. The van der Waals surface area contributed by atoms with E-state index in [0.29, 0.717) is 17.4 Å². The van der Waals surface area contributed by atoms with E-state index in [2.05, 4.69) is 43.2 Å². The second kappa shape index (κ2) is 4.40. The first kappa shape index (κ1) is 12.0. The lowest BCUT2D eigenvalue weighted by molar-refractivity contribution is 0.618.